The van der Waals surface area contributed by atoms with Crippen molar-refractivity contribution in [2.24, 2.45) is 0 Å². The zero-order valence-electron chi connectivity index (χ0n) is 32.9. The minimum Gasteiger partial charge on any atom is -0.656 e. The van der Waals surface area contributed by atoms with Crippen molar-refractivity contribution in [3.63, 3.8) is 0 Å². The maximum Gasteiger partial charge on any atom is 2.00 e. The molecule has 0 atom stereocenters. The summed E-state index contributed by atoms with van der Waals surface area (Å²) in [4.78, 5) is 17.5. The minimum absolute atomic E-state index is 0. The Morgan fingerprint density at radius 1 is 0.672 bits per heavy atom. The van der Waals surface area contributed by atoms with Gasteiger partial charge >= 0.3 is 27.2 Å². The van der Waals surface area contributed by atoms with E-state index in [9.17, 15) is 13.2 Å². The molecule has 0 bridgehead atoms. The van der Waals surface area contributed by atoms with E-state index in [0.29, 0.717) is 33.2 Å². The van der Waals surface area contributed by atoms with Gasteiger partial charge in [0, 0.05) is 23.1 Å². The van der Waals surface area contributed by atoms with Gasteiger partial charge in [0.15, 0.2) is 0 Å². The Morgan fingerprint density at radius 2 is 1.41 bits per heavy atom. The normalized spacial score (nSPS) is 13.3. The molecule has 9 heteroatoms. The van der Waals surface area contributed by atoms with Gasteiger partial charge < -0.3 is 9.88 Å². The van der Waals surface area contributed by atoms with Gasteiger partial charge in [-0.2, -0.15) is 13.2 Å². The molecule has 7 aromatic carbocycles. The molecule has 0 radical (unpaired) electrons. The van der Waals surface area contributed by atoms with Crippen LogP contribution in [0.3, 0.4) is 0 Å². The molecule has 1 aliphatic heterocycles. The summed E-state index contributed by atoms with van der Waals surface area (Å²) < 4.78 is 44.7. The number of nitrogens with zero attached hydrogens (tertiary/aromatic N) is 5. The average Bonchev–Trinajstić information content (AvgIpc) is 3.86. The monoisotopic (exact) mass is 980 g/mol. The van der Waals surface area contributed by atoms with E-state index in [0.717, 1.165) is 67.8 Å². The molecule has 0 aliphatic carbocycles. The van der Waals surface area contributed by atoms with Gasteiger partial charge in [0.25, 0.3) is 0 Å². The number of para-hydroxylation sites is 3. The van der Waals surface area contributed by atoms with E-state index in [1.54, 1.807) is 0 Å². The van der Waals surface area contributed by atoms with E-state index in [1.807, 2.05) is 103 Å². The molecule has 0 spiro atoms. The molecule has 0 saturated heterocycles. The molecule has 0 amide bonds. The number of alkyl halides is 3. The number of aromatic nitrogens is 4. The summed E-state index contributed by atoms with van der Waals surface area (Å²) in [5.74, 6) is 1.42. The van der Waals surface area contributed by atoms with Crippen LogP contribution in [0.5, 0.6) is 0 Å². The second kappa shape index (κ2) is 14.5. The van der Waals surface area contributed by atoms with Gasteiger partial charge in [0.05, 0.1) is 16.6 Å². The molecule has 298 valence electrons. The van der Waals surface area contributed by atoms with Crippen molar-refractivity contribution >= 4 is 50.0 Å². The first-order valence-electron chi connectivity index (χ1n) is 19.8. The number of rotatable bonds is 5. The Balaban J connectivity index is 0.00000445. The van der Waals surface area contributed by atoms with E-state index < -0.39 is 11.7 Å². The van der Waals surface area contributed by atoms with E-state index in [-0.39, 0.29) is 26.5 Å². The Bertz CT molecular complexity index is 3280. The summed E-state index contributed by atoms with van der Waals surface area (Å²) >= 11 is 0. The number of anilines is 3. The molecule has 1 aliphatic rings. The van der Waals surface area contributed by atoms with Crippen molar-refractivity contribution in [1.82, 2.24) is 19.5 Å². The predicted molar refractivity (Wildman–Crippen MR) is 234 cm³/mol. The third-order valence-electron chi connectivity index (χ3n) is 11.8. The number of imidazole rings is 1. The Morgan fingerprint density at radius 3 is 2.18 bits per heavy atom. The van der Waals surface area contributed by atoms with Crippen molar-refractivity contribution in [2.45, 2.75) is 25.4 Å². The van der Waals surface area contributed by atoms with Gasteiger partial charge in [-0.15, -0.1) is 34.8 Å². The first-order valence-corrected chi connectivity index (χ1v) is 19.8. The summed E-state index contributed by atoms with van der Waals surface area (Å²) in [5.41, 5.74) is 11.0. The smallest absolute Gasteiger partial charge is 0.656 e. The summed E-state index contributed by atoms with van der Waals surface area (Å²) in [5, 5.41) is 1.08. The van der Waals surface area contributed by atoms with Crippen molar-refractivity contribution in [1.29, 1.82) is 0 Å². The fourth-order valence-corrected chi connectivity index (χ4v) is 8.99. The fraction of sp³-hybridized carbons (Fsp3) is 0.0769. The van der Waals surface area contributed by atoms with E-state index >= 15 is 0 Å². The molecule has 10 aromatic rings. The Labute approximate surface area is 364 Å². The second-order valence-corrected chi connectivity index (χ2v) is 15.7. The third-order valence-corrected chi connectivity index (χ3v) is 11.8. The quantitative estimate of drug-likeness (QED) is 0.161. The third kappa shape index (κ3) is 6.11. The summed E-state index contributed by atoms with van der Waals surface area (Å²) in [6.07, 6.45) is -2.70. The molecule has 0 saturated carbocycles. The van der Waals surface area contributed by atoms with Gasteiger partial charge in [-0.25, -0.2) is 9.97 Å². The van der Waals surface area contributed by atoms with Crippen LogP contribution in [0.4, 0.5) is 30.4 Å². The molecule has 5 nitrogen and oxygen atoms in total. The van der Waals surface area contributed by atoms with E-state index in [2.05, 4.69) is 77.9 Å². The van der Waals surface area contributed by atoms with E-state index in [1.165, 1.54) is 17.7 Å². The van der Waals surface area contributed by atoms with Gasteiger partial charge in [-0.3, -0.25) is 4.57 Å². The Hall–Kier alpha value is -6.76. The van der Waals surface area contributed by atoms with Crippen LogP contribution >= 0.6 is 0 Å². The van der Waals surface area contributed by atoms with E-state index in [4.69, 9.17) is 15.0 Å². The Kier molecular flexibility index (Phi) is 9.11. The van der Waals surface area contributed by atoms with Gasteiger partial charge in [-0.05, 0) is 81.0 Å². The standard InChI is InChI=1S/C52H34F3N5.Pt/c1-51(2)40-19-9-10-20-43(40)60(46-22-11-12-29-56-46)45-30-33(23-27-41(45)51)37-18-13-21-44-48(37)58-50(59(44)35-16-7-4-8-17-35)38-26-25-36(32-14-5-3-6-15-32)47-39-31-34(52(53,54)55)24-28-42(39)57-49(38)47;/h3-29,31H,1-2H3;/q-2;+2. The van der Waals surface area contributed by atoms with Crippen LogP contribution in [0.1, 0.15) is 30.5 Å². The van der Waals surface area contributed by atoms with Crippen LogP contribution in [0, 0.1) is 6.07 Å². The SMILES string of the molecule is CC1(C)c2ccc(-c3cccc4c3nc(-c3ccc(-c5ccccc5)c5c3[n-]c3ccc(C(F)(F)F)cc35)n4-c3ccccc3)[c-]c2N(c2ccccn2)c2ccccc21.[Pt+2]. The van der Waals surface area contributed by atoms with Crippen molar-refractivity contribution in [3.05, 3.63) is 193 Å². The summed E-state index contributed by atoms with van der Waals surface area (Å²) in [6, 6.07) is 56.2. The maximum absolute atomic E-state index is 14.2. The summed E-state index contributed by atoms with van der Waals surface area (Å²) in [6.45, 7) is 4.49. The molecule has 0 fully saturated rings. The number of benzene rings is 7. The van der Waals surface area contributed by atoms with Crippen molar-refractivity contribution in [3.8, 4) is 39.3 Å². The molecule has 0 N–H and O–H groups in total. The van der Waals surface area contributed by atoms with Crippen LogP contribution in [0.15, 0.2) is 170 Å². The van der Waals surface area contributed by atoms with Crippen LogP contribution in [-0.4, -0.2) is 14.5 Å². The predicted octanol–water partition coefficient (Wildman–Crippen LogP) is 13.6. The molecule has 4 heterocycles. The van der Waals surface area contributed by atoms with Crippen LogP contribution < -0.4 is 9.88 Å². The van der Waals surface area contributed by atoms with Crippen molar-refractivity contribution in [2.75, 3.05) is 4.90 Å². The molecule has 11 rings (SSSR count). The van der Waals surface area contributed by atoms with Crippen molar-refractivity contribution < 1.29 is 34.2 Å². The first-order chi connectivity index (χ1) is 29.2. The number of fused-ring (bicyclic) bond motifs is 6. The molecular formula is C52H34F3N5Pt. The largest absolute Gasteiger partial charge is 2.00 e. The minimum atomic E-state index is -4.51. The molecule has 3 aromatic heterocycles. The van der Waals surface area contributed by atoms with Crippen LogP contribution in [0.2, 0.25) is 0 Å². The van der Waals surface area contributed by atoms with Crippen LogP contribution in [-0.2, 0) is 32.7 Å². The maximum atomic E-state index is 14.2. The zero-order chi connectivity index (χ0) is 40.8. The molecular weight excluding hydrogens is 947 g/mol. The zero-order valence-corrected chi connectivity index (χ0v) is 35.1. The topological polar surface area (TPSA) is 48.1 Å². The summed E-state index contributed by atoms with van der Waals surface area (Å²) in [7, 11) is 0. The fourth-order valence-electron chi connectivity index (χ4n) is 8.99. The molecule has 0 unspecified atom stereocenters. The molecule has 61 heavy (non-hydrogen) atoms. The second-order valence-electron chi connectivity index (χ2n) is 15.7. The number of hydrogen-bond donors (Lipinski definition) is 0. The van der Waals surface area contributed by atoms with Gasteiger partial charge in [0.2, 0.25) is 0 Å². The number of pyridine rings is 1. The van der Waals surface area contributed by atoms with Gasteiger partial charge in [0.1, 0.15) is 11.6 Å². The first kappa shape index (κ1) is 38.4. The van der Waals surface area contributed by atoms with Gasteiger partial charge in [-0.1, -0.05) is 134 Å². The number of halogens is 3. The average molecular weight is 981 g/mol. The number of hydrogen-bond acceptors (Lipinski definition) is 3. The van der Waals surface area contributed by atoms with Crippen LogP contribution in [0.25, 0.3) is 72.2 Å².